The maximum absolute atomic E-state index is 11.4. The molecule has 0 aromatic carbocycles. The number of rotatable bonds is 6. The molecular weight excluding hydrogens is 180 g/mol. The van der Waals surface area contributed by atoms with E-state index in [0.717, 1.165) is 19.4 Å². The predicted octanol–water partition coefficient (Wildman–Crippen LogP) is 1.94. The maximum Gasteiger partial charge on any atom is 0.137 e. The summed E-state index contributed by atoms with van der Waals surface area (Å²) in [7, 11) is 0. The van der Waals surface area contributed by atoms with Gasteiger partial charge in [-0.05, 0) is 26.7 Å². The van der Waals surface area contributed by atoms with Gasteiger partial charge in [0.15, 0.2) is 0 Å². The van der Waals surface area contributed by atoms with Gasteiger partial charge in [-0.15, -0.1) is 0 Å². The Morgan fingerprint density at radius 1 is 1.57 bits per heavy atom. The number of ether oxygens (including phenoxy) is 2. The number of carbonyl (C=O) groups is 1. The average molecular weight is 200 g/mol. The molecule has 1 atom stereocenters. The molecule has 3 nitrogen and oxygen atoms in total. The smallest absolute Gasteiger partial charge is 0.137 e. The summed E-state index contributed by atoms with van der Waals surface area (Å²) in [4.78, 5) is 11.4. The van der Waals surface area contributed by atoms with Crippen LogP contribution in [0.25, 0.3) is 0 Å². The van der Waals surface area contributed by atoms with E-state index < -0.39 is 0 Å². The lowest BCUT2D eigenvalue weighted by molar-refractivity contribution is -0.122. The zero-order chi connectivity index (χ0) is 10.4. The van der Waals surface area contributed by atoms with E-state index in [1.807, 2.05) is 13.8 Å². The maximum atomic E-state index is 11.4. The highest BCUT2D eigenvalue weighted by Crippen LogP contribution is 2.16. The van der Waals surface area contributed by atoms with Crippen LogP contribution >= 0.6 is 0 Å². The molecule has 0 saturated carbocycles. The van der Waals surface area contributed by atoms with Crippen molar-refractivity contribution >= 4 is 5.78 Å². The van der Waals surface area contributed by atoms with Gasteiger partial charge in [-0.2, -0.15) is 0 Å². The van der Waals surface area contributed by atoms with Crippen LogP contribution in [0.1, 0.15) is 39.5 Å². The molecule has 1 rings (SSSR count). The third-order valence-corrected chi connectivity index (χ3v) is 2.31. The number of hydrogen-bond acceptors (Lipinski definition) is 3. The lowest BCUT2D eigenvalue weighted by Gasteiger charge is -2.09. The van der Waals surface area contributed by atoms with Crippen molar-refractivity contribution in [3.8, 4) is 0 Å². The molecular formula is C11H20O3. The van der Waals surface area contributed by atoms with Gasteiger partial charge < -0.3 is 9.47 Å². The van der Waals surface area contributed by atoms with Gasteiger partial charge >= 0.3 is 0 Å². The topological polar surface area (TPSA) is 35.5 Å². The van der Waals surface area contributed by atoms with Crippen molar-refractivity contribution in [1.82, 2.24) is 0 Å². The van der Waals surface area contributed by atoms with Crippen LogP contribution in [0.15, 0.2) is 0 Å². The molecule has 82 valence electrons. The van der Waals surface area contributed by atoms with Crippen LogP contribution in [0.5, 0.6) is 0 Å². The quantitative estimate of drug-likeness (QED) is 0.657. The Morgan fingerprint density at radius 3 is 2.93 bits per heavy atom. The number of ketones is 1. The van der Waals surface area contributed by atoms with E-state index in [-0.39, 0.29) is 18.0 Å². The Hall–Kier alpha value is -0.410. The molecule has 0 N–H and O–H groups in total. The summed E-state index contributed by atoms with van der Waals surface area (Å²) in [5.41, 5.74) is 0. The first kappa shape index (κ1) is 11.7. The molecule has 14 heavy (non-hydrogen) atoms. The summed E-state index contributed by atoms with van der Waals surface area (Å²) in [6.45, 7) is 5.32. The second-order valence-corrected chi connectivity index (χ2v) is 4.05. The second kappa shape index (κ2) is 6.14. The Balaban J connectivity index is 2.03. The minimum Gasteiger partial charge on any atom is -0.378 e. The highest BCUT2D eigenvalue weighted by Gasteiger charge is 2.18. The first-order valence-electron chi connectivity index (χ1n) is 5.43. The van der Waals surface area contributed by atoms with Crippen LogP contribution in [-0.4, -0.2) is 31.2 Å². The van der Waals surface area contributed by atoms with Gasteiger partial charge in [0.05, 0.1) is 18.8 Å². The lowest BCUT2D eigenvalue weighted by atomic mass is 10.1. The normalized spacial score (nSPS) is 21.8. The highest BCUT2D eigenvalue weighted by molar-refractivity contribution is 5.78. The van der Waals surface area contributed by atoms with E-state index in [2.05, 4.69) is 0 Å². The SMILES string of the molecule is CC(C)OCCC(=O)CC1CCCO1. The van der Waals surface area contributed by atoms with Gasteiger partial charge in [0.1, 0.15) is 5.78 Å². The van der Waals surface area contributed by atoms with Gasteiger partial charge in [0.25, 0.3) is 0 Å². The molecule has 1 unspecified atom stereocenters. The Kier molecular flexibility index (Phi) is 5.12. The van der Waals surface area contributed by atoms with Gasteiger partial charge in [0.2, 0.25) is 0 Å². The highest BCUT2D eigenvalue weighted by atomic mass is 16.5. The lowest BCUT2D eigenvalue weighted by Crippen LogP contribution is -2.15. The minimum atomic E-state index is 0.182. The molecule has 1 aliphatic heterocycles. The number of carbonyl (C=O) groups excluding carboxylic acids is 1. The monoisotopic (exact) mass is 200 g/mol. The zero-order valence-corrected chi connectivity index (χ0v) is 9.12. The molecule has 0 bridgehead atoms. The first-order chi connectivity index (χ1) is 6.68. The van der Waals surface area contributed by atoms with Crippen molar-refractivity contribution in [2.45, 2.75) is 51.7 Å². The van der Waals surface area contributed by atoms with Crippen LogP contribution in [0.3, 0.4) is 0 Å². The average Bonchev–Trinajstić information content (AvgIpc) is 2.56. The molecule has 0 radical (unpaired) electrons. The fraction of sp³-hybridized carbons (Fsp3) is 0.909. The molecule has 0 spiro atoms. The molecule has 0 aromatic heterocycles. The van der Waals surface area contributed by atoms with E-state index in [0.29, 0.717) is 19.4 Å². The zero-order valence-electron chi connectivity index (χ0n) is 9.12. The van der Waals surface area contributed by atoms with Crippen molar-refractivity contribution in [2.75, 3.05) is 13.2 Å². The molecule has 1 aliphatic rings. The van der Waals surface area contributed by atoms with Crippen molar-refractivity contribution in [3.05, 3.63) is 0 Å². The summed E-state index contributed by atoms with van der Waals surface area (Å²) in [6, 6.07) is 0. The van der Waals surface area contributed by atoms with Gasteiger partial charge in [-0.25, -0.2) is 0 Å². The van der Waals surface area contributed by atoms with Crippen LogP contribution in [0.4, 0.5) is 0 Å². The van der Waals surface area contributed by atoms with Crippen molar-refractivity contribution in [3.63, 3.8) is 0 Å². The van der Waals surface area contributed by atoms with Crippen molar-refractivity contribution in [2.24, 2.45) is 0 Å². The molecule has 0 aromatic rings. The molecule has 3 heteroatoms. The Morgan fingerprint density at radius 2 is 2.36 bits per heavy atom. The summed E-state index contributed by atoms with van der Waals surface area (Å²) in [5, 5.41) is 0. The van der Waals surface area contributed by atoms with E-state index in [9.17, 15) is 4.79 Å². The molecule has 1 heterocycles. The van der Waals surface area contributed by atoms with Crippen LogP contribution in [-0.2, 0) is 14.3 Å². The summed E-state index contributed by atoms with van der Waals surface area (Å²) in [6.07, 6.45) is 3.63. The van der Waals surface area contributed by atoms with Crippen LogP contribution in [0, 0.1) is 0 Å². The molecule has 1 saturated heterocycles. The molecule has 1 fully saturated rings. The molecule has 0 aliphatic carbocycles. The molecule has 0 amide bonds. The van der Waals surface area contributed by atoms with Crippen molar-refractivity contribution < 1.29 is 14.3 Å². The summed E-state index contributed by atoms with van der Waals surface area (Å²) in [5.74, 6) is 0.262. The van der Waals surface area contributed by atoms with E-state index in [1.165, 1.54) is 0 Å². The summed E-state index contributed by atoms with van der Waals surface area (Å²) >= 11 is 0. The minimum absolute atomic E-state index is 0.182. The van der Waals surface area contributed by atoms with Crippen LogP contribution < -0.4 is 0 Å². The third-order valence-electron chi connectivity index (χ3n) is 2.31. The van der Waals surface area contributed by atoms with E-state index in [4.69, 9.17) is 9.47 Å². The van der Waals surface area contributed by atoms with E-state index in [1.54, 1.807) is 0 Å². The Labute approximate surface area is 85.8 Å². The standard InChI is InChI=1S/C11H20O3/c1-9(2)13-7-5-10(12)8-11-4-3-6-14-11/h9,11H,3-8H2,1-2H3. The number of Topliss-reactive ketones (excluding diaryl/α,β-unsaturated/α-hetero) is 1. The predicted molar refractivity (Wildman–Crippen MR) is 54.3 cm³/mol. The summed E-state index contributed by atoms with van der Waals surface area (Å²) < 4.78 is 10.7. The number of hydrogen-bond donors (Lipinski definition) is 0. The van der Waals surface area contributed by atoms with E-state index >= 15 is 0 Å². The van der Waals surface area contributed by atoms with Gasteiger partial charge in [0, 0.05) is 19.4 Å². The van der Waals surface area contributed by atoms with Gasteiger partial charge in [-0.1, -0.05) is 0 Å². The first-order valence-corrected chi connectivity index (χ1v) is 5.43. The van der Waals surface area contributed by atoms with Gasteiger partial charge in [-0.3, -0.25) is 4.79 Å². The van der Waals surface area contributed by atoms with Crippen LogP contribution in [0.2, 0.25) is 0 Å². The third kappa shape index (κ3) is 4.72. The van der Waals surface area contributed by atoms with Crippen molar-refractivity contribution in [1.29, 1.82) is 0 Å². The Bertz CT molecular complexity index is 171. The second-order valence-electron chi connectivity index (χ2n) is 4.05. The fourth-order valence-corrected chi connectivity index (χ4v) is 1.57. The fourth-order valence-electron chi connectivity index (χ4n) is 1.57. The largest absolute Gasteiger partial charge is 0.378 e.